The van der Waals surface area contributed by atoms with Crippen molar-refractivity contribution in [3.05, 3.63) is 83.8 Å². The molecule has 0 aliphatic rings. The molecule has 1 heterocycles. The first-order valence-electron chi connectivity index (χ1n) is 7.18. The van der Waals surface area contributed by atoms with Gasteiger partial charge in [-0.2, -0.15) is 0 Å². The predicted molar refractivity (Wildman–Crippen MR) is 94.1 cm³/mol. The summed E-state index contributed by atoms with van der Waals surface area (Å²) in [5.41, 5.74) is 3.46. The van der Waals surface area contributed by atoms with Crippen molar-refractivity contribution >= 4 is 18.1 Å². The van der Waals surface area contributed by atoms with Crippen molar-refractivity contribution in [1.29, 1.82) is 0 Å². The monoisotopic (exact) mass is 289 g/mol. The molecule has 0 aliphatic heterocycles. The van der Waals surface area contributed by atoms with E-state index in [4.69, 9.17) is 0 Å². The fraction of sp³-hybridized carbons (Fsp3) is 0.105. The van der Waals surface area contributed by atoms with Gasteiger partial charge in [-0.1, -0.05) is 36.4 Å². The van der Waals surface area contributed by atoms with Crippen molar-refractivity contribution in [2.24, 2.45) is 9.98 Å². The Hall–Kier alpha value is -2.81. The molecule has 0 N–H and O–H groups in total. The Morgan fingerprint density at radius 3 is 2.41 bits per heavy atom. The van der Waals surface area contributed by atoms with Crippen LogP contribution in [0.5, 0.6) is 0 Å². The van der Waals surface area contributed by atoms with Crippen LogP contribution >= 0.6 is 0 Å². The van der Waals surface area contributed by atoms with Gasteiger partial charge in [-0.25, -0.2) is 4.98 Å². The molecule has 0 saturated heterocycles. The number of aliphatic imine (C=N–C) groups is 2. The number of rotatable bonds is 5. The summed E-state index contributed by atoms with van der Waals surface area (Å²) in [4.78, 5) is 13.3. The van der Waals surface area contributed by atoms with Crippen LogP contribution in [-0.4, -0.2) is 17.4 Å². The minimum atomic E-state index is 0.808. The molecule has 0 unspecified atom stereocenters. The highest BCUT2D eigenvalue weighted by atomic mass is 14.8. The van der Waals surface area contributed by atoms with Crippen molar-refractivity contribution in [3.8, 4) is 0 Å². The molecule has 0 aliphatic carbocycles. The predicted octanol–water partition coefficient (Wildman–Crippen LogP) is 4.73. The molecule has 3 nitrogen and oxygen atoms in total. The van der Waals surface area contributed by atoms with Gasteiger partial charge in [-0.3, -0.25) is 9.98 Å². The Bertz CT molecular complexity index is 710. The van der Waals surface area contributed by atoms with E-state index in [1.165, 1.54) is 0 Å². The fourth-order valence-electron chi connectivity index (χ4n) is 1.71. The maximum absolute atomic E-state index is 4.50. The molecule has 110 valence electrons. The molecule has 1 aromatic carbocycles. The summed E-state index contributed by atoms with van der Waals surface area (Å²) >= 11 is 0. The van der Waals surface area contributed by atoms with Crippen molar-refractivity contribution in [3.63, 3.8) is 0 Å². The van der Waals surface area contributed by atoms with E-state index in [-0.39, 0.29) is 0 Å². The van der Waals surface area contributed by atoms with Crippen LogP contribution in [0.3, 0.4) is 0 Å². The highest BCUT2D eigenvalue weighted by molar-refractivity contribution is 5.83. The van der Waals surface area contributed by atoms with Gasteiger partial charge in [-0.05, 0) is 44.2 Å². The Kier molecular flexibility index (Phi) is 6.00. The molecule has 0 radical (unpaired) electrons. The summed E-state index contributed by atoms with van der Waals surface area (Å²) in [6.07, 6.45) is 9.41. The number of benzene rings is 1. The van der Waals surface area contributed by atoms with Gasteiger partial charge in [0.05, 0.1) is 29.5 Å². The van der Waals surface area contributed by atoms with E-state index in [0.29, 0.717) is 0 Å². The topological polar surface area (TPSA) is 37.6 Å². The lowest BCUT2D eigenvalue weighted by Gasteiger charge is -1.96. The summed E-state index contributed by atoms with van der Waals surface area (Å²) < 4.78 is 0. The van der Waals surface area contributed by atoms with E-state index < -0.39 is 0 Å². The maximum atomic E-state index is 4.50. The molecule has 0 spiro atoms. The summed E-state index contributed by atoms with van der Waals surface area (Å²) in [6.45, 7) is 3.93. The molecular formula is C19H19N3. The first kappa shape index (κ1) is 15.6. The van der Waals surface area contributed by atoms with E-state index in [1.807, 2.05) is 80.6 Å². The lowest BCUT2D eigenvalue weighted by atomic mass is 10.3. The van der Waals surface area contributed by atoms with Crippen molar-refractivity contribution in [1.82, 2.24) is 4.98 Å². The second-order valence-corrected chi connectivity index (χ2v) is 4.67. The molecule has 2 aromatic rings. The van der Waals surface area contributed by atoms with Gasteiger partial charge >= 0.3 is 0 Å². The van der Waals surface area contributed by atoms with E-state index in [2.05, 4.69) is 15.0 Å². The number of pyridine rings is 1. The normalized spacial score (nSPS) is 12.7. The van der Waals surface area contributed by atoms with Crippen LogP contribution < -0.4 is 0 Å². The Morgan fingerprint density at radius 1 is 0.955 bits per heavy atom. The largest absolute Gasteiger partial charge is 0.259 e. The van der Waals surface area contributed by atoms with Gasteiger partial charge in [-0.15, -0.1) is 0 Å². The van der Waals surface area contributed by atoms with Crippen molar-refractivity contribution in [2.75, 3.05) is 0 Å². The second kappa shape index (κ2) is 8.47. The van der Waals surface area contributed by atoms with Gasteiger partial charge in [0, 0.05) is 5.70 Å². The number of nitrogens with zero attached hydrogens (tertiary/aromatic N) is 3. The molecule has 0 atom stereocenters. The number of hydrogen-bond acceptors (Lipinski definition) is 3. The third-order valence-corrected chi connectivity index (χ3v) is 2.82. The Balaban J connectivity index is 2.10. The average Bonchev–Trinajstić information content (AvgIpc) is 2.57. The molecule has 2 rings (SSSR count). The molecule has 3 heteroatoms. The summed E-state index contributed by atoms with van der Waals surface area (Å²) in [6, 6.07) is 15.6. The molecule has 0 saturated carbocycles. The van der Waals surface area contributed by atoms with Gasteiger partial charge in [0.15, 0.2) is 0 Å². The highest BCUT2D eigenvalue weighted by Gasteiger charge is 1.93. The zero-order valence-electron chi connectivity index (χ0n) is 12.8. The van der Waals surface area contributed by atoms with Crippen LogP contribution in [0.1, 0.15) is 25.2 Å². The molecule has 22 heavy (non-hydrogen) atoms. The number of para-hydroxylation sites is 1. The van der Waals surface area contributed by atoms with Gasteiger partial charge in [0.25, 0.3) is 0 Å². The van der Waals surface area contributed by atoms with Gasteiger partial charge < -0.3 is 0 Å². The first-order chi connectivity index (χ1) is 10.8. The zero-order valence-corrected chi connectivity index (χ0v) is 12.8. The van der Waals surface area contributed by atoms with Crippen LogP contribution in [-0.2, 0) is 0 Å². The standard InChI is InChI=1S/C19H19N3/c1-3-4-9-16(2)20-14-18-12-8-13-19(22-18)15-21-17-10-6-5-7-11-17/h3-15H,1-2H3/b4-3-,16-9+,20-14?,21-15?. The van der Waals surface area contributed by atoms with Crippen molar-refractivity contribution in [2.45, 2.75) is 13.8 Å². The SMILES string of the molecule is C/C=C\C=C(/C)N=Cc1cccc(C=Nc2ccccc2)n1. The average molecular weight is 289 g/mol. The molecule has 1 aromatic heterocycles. The minimum absolute atomic E-state index is 0.808. The Morgan fingerprint density at radius 2 is 1.68 bits per heavy atom. The number of allylic oxidation sites excluding steroid dienone is 4. The second-order valence-electron chi connectivity index (χ2n) is 4.67. The lowest BCUT2D eigenvalue weighted by molar-refractivity contribution is 1.25. The highest BCUT2D eigenvalue weighted by Crippen LogP contribution is 2.09. The third-order valence-electron chi connectivity index (χ3n) is 2.82. The molecule has 0 fully saturated rings. The number of aromatic nitrogens is 1. The summed E-state index contributed by atoms with van der Waals surface area (Å²) in [5, 5.41) is 0. The van der Waals surface area contributed by atoms with E-state index in [1.54, 1.807) is 12.4 Å². The molecular weight excluding hydrogens is 270 g/mol. The maximum Gasteiger partial charge on any atom is 0.0820 e. The minimum Gasteiger partial charge on any atom is -0.259 e. The summed E-state index contributed by atoms with van der Waals surface area (Å²) in [5.74, 6) is 0. The van der Waals surface area contributed by atoms with Gasteiger partial charge in [0.1, 0.15) is 0 Å². The van der Waals surface area contributed by atoms with Crippen LogP contribution in [0.4, 0.5) is 5.69 Å². The van der Waals surface area contributed by atoms with Crippen LogP contribution in [0.2, 0.25) is 0 Å². The number of hydrogen-bond donors (Lipinski definition) is 0. The Labute approximate surface area is 131 Å². The lowest BCUT2D eigenvalue weighted by Crippen LogP contribution is -1.93. The van der Waals surface area contributed by atoms with Crippen LogP contribution in [0, 0.1) is 0 Å². The quantitative estimate of drug-likeness (QED) is 0.579. The zero-order chi connectivity index (χ0) is 15.6. The van der Waals surface area contributed by atoms with Gasteiger partial charge in [0.2, 0.25) is 0 Å². The van der Waals surface area contributed by atoms with E-state index in [9.17, 15) is 0 Å². The van der Waals surface area contributed by atoms with Crippen LogP contribution in [0.15, 0.2) is 82.4 Å². The van der Waals surface area contributed by atoms with Crippen LogP contribution in [0.25, 0.3) is 0 Å². The van der Waals surface area contributed by atoms with Crippen molar-refractivity contribution < 1.29 is 0 Å². The first-order valence-corrected chi connectivity index (χ1v) is 7.18. The van der Waals surface area contributed by atoms with E-state index >= 15 is 0 Å². The third kappa shape index (κ3) is 5.29. The fourth-order valence-corrected chi connectivity index (χ4v) is 1.71. The van der Waals surface area contributed by atoms with E-state index in [0.717, 1.165) is 22.8 Å². The molecule has 0 bridgehead atoms. The smallest absolute Gasteiger partial charge is 0.0820 e. The molecule has 0 amide bonds. The summed E-state index contributed by atoms with van der Waals surface area (Å²) in [7, 11) is 0.